The van der Waals surface area contributed by atoms with Crippen molar-refractivity contribution in [1.82, 2.24) is 9.13 Å². The Morgan fingerprint density at radius 1 is 1.00 bits per heavy atom. The van der Waals surface area contributed by atoms with E-state index in [0.717, 1.165) is 28.7 Å². The van der Waals surface area contributed by atoms with Gasteiger partial charge in [-0.3, -0.25) is 13.9 Å². The number of rotatable bonds is 7. The number of hydrogen-bond acceptors (Lipinski definition) is 3. The van der Waals surface area contributed by atoms with Gasteiger partial charge in [-0.05, 0) is 36.2 Å². The lowest BCUT2D eigenvalue weighted by Gasteiger charge is -2.07. The number of imidazole rings is 1. The monoisotopic (exact) mass is 352 g/mol. The Morgan fingerprint density at radius 3 is 2.19 bits per heavy atom. The third kappa shape index (κ3) is 3.70. The highest BCUT2D eigenvalue weighted by atomic mass is 16.2. The first-order valence-electron chi connectivity index (χ1n) is 8.91. The number of aromatic nitrogens is 2. The highest BCUT2D eigenvalue weighted by Gasteiger charge is 2.13. The summed E-state index contributed by atoms with van der Waals surface area (Å²) >= 11 is 0. The molecule has 0 radical (unpaired) electrons. The summed E-state index contributed by atoms with van der Waals surface area (Å²) in [6.45, 7) is 3.54. The van der Waals surface area contributed by atoms with E-state index in [1.54, 1.807) is 9.13 Å². The Balaban J connectivity index is 1.73. The van der Waals surface area contributed by atoms with Crippen molar-refractivity contribution in [2.45, 2.75) is 39.4 Å². The first-order valence-corrected chi connectivity index (χ1v) is 8.91. The molecule has 1 amide bonds. The number of benzene rings is 2. The van der Waals surface area contributed by atoms with Crippen LogP contribution >= 0.6 is 0 Å². The molecule has 1 aromatic heterocycles. The van der Waals surface area contributed by atoms with Crippen molar-refractivity contribution in [3.63, 3.8) is 0 Å². The fourth-order valence-corrected chi connectivity index (χ4v) is 3.09. The van der Waals surface area contributed by atoms with Crippen LogP contribution in [0.4, 0.5) is 5.69 Å². The Kier molecular flexibility index (Phi) is 5.53. The number of aryl methyl sites for hydroxylation is 2. The van der Waals surface area contributed by atoms with E-state index in [-0.39, 0.29) is 18.0 Å². The summed E-state index contributed by atoms with van der Waals surface area (Å²) in [5, 5.41) is 2.86. The summed E-state index contributed by atoms with van der Waals surface area (Å²) in [4.78, 5) is 25.0. The first kappa shape index (κ1) is 17.9. The van der Waals surface area contributed by atoms with Crippen LogP contribution < -0.4 is 16.7 Å². The number of carbonyl (C=O) groups is 1. The third-order valence-corrected chi connectivity index (χ3v) is 4.41. The summed E-state index contributed by atoms with van der Waals surface area (Å²) < 4.78 is 3.46. The Hall–Kier alpha value is -2.86. The van der Waals surface area contributed by atoms with E-state index in [1.807, 2.05) is 55.5 Å². The lowest BCUT2D eigenvalue weighted by Crippen LogP contribution is -2.26. The van der Waals surface area contributed by atoms with Gasteiger partial charge in [0.25, 0.3) is 0 Å². The first-order chi connectivity index (χ1) is 12.6. The second kappa shape index (κ2) is 8.01. The van der Waals surface area contributed by atoms with E-state index in [2.05, 4.69) is 5.32 Å². The molecule has 0 fully saturated rings. The van der Waals surface area contributed by atoms with Crippen molar-refractivity contribution >= 4 is 22.6 Å². The van der Waals surface area contributed by atoms with E-state index in [4.69, 9.17) is 5.73 Å². The lowest BCUT2D eigenvalue weighted by atomic mass is 10.2. The van der Waals surface area contributed by atoms with Gasteiger partial charge >= 0.3 is 5.69 Å². The molecule has 0 saturated carbocycles. The standard InChI is InChI=1S/C20H24N4O2/c1-2-12-23-17-5-3-4-6-18(17)24(20(23)26)13-11-19(25)22-16-9-7-15(14-21)8-10-16/h3-10H,2,11-14,21H2,1H3,(H,22,25). The van der Waals surface area contributed by atoms with Crippen LogP contribution in [0.25, 0.3) is 11.0 Å². The zero-order valence-electron chi connectivity index (χ0n) is 14.9. The molecule has 6 nitrogen and oxygen atoms in total. The SMILES string of the molecule is CCCn1c(=O)n(CCC(=O)Nc2ccc(CN)cc2)c2ccccc21. The maximum absolute atomic E-state index is 12.7. The smallest absolute Gasteiger partial charge is 0.326 e. The Bertz CT molecular complexity index is 954. The maximum Gasteiger partial charge on any atom is 0.329 e. The number of fused-ring (bicyclic) bond motifs is 1. The fourth-order valence-electron chi connectivity index (χ4n) is 3.09. The van der Waals surface area contributed by atoms with Crippen LogP contribution in [-0.2, 0) is 24.4 Å². The number of hydrogen-bond donors (Lipinski definition) is 2. The number of anilines is 1. The van der Waals surface area contributed by atoms with E-state index < -0.39 is 0 Å². The molecule has 0 spiro atoms. The summed E-state index contributed by atoms with van der Waals surface area (Å²) in [6, 6.07) is 15.1. The average Bonchev–Trinajstić information content (AvgIpc) is 2.93. The average molecular weight is 352 g/mol. The molecule has 0 unspecified atom stereocenters. The summed E-state index contributed by atoms with van der Waals surface area (Å²) in [5.41, 5.74) is 9.04. The van der Waals surface area contributed by atoms with Gasteiger partial charge in [0.2, 0.25) is 5.91 Å². The van der Waals surface area contributed by atoms with Gasteiger partial charge in [0.15, 0.2) is 0 Å². The largest absolute Gasteiger partial charge is 0.329 e. The van der Waals surface area contributed by atoms with Gasteiger partial charge in [-0.2, -0.15) is 0 Å². The van der Waals surface area contributed by atoms with Crippen LogP contribution in [0.1, 0.15) is 25.3 Å². The molecule has 26 heavy (non-hydrogen) atoms. The molecule has 3 aromatic rings. The predicted molar refractivity (Wildman–Crippen MR) is 104 cm³/mol. The van der Waals surface area contributed by atoms with Crippen LogP contribution in [0, 0.1) is 0 Å². The highest BCUT2D eigenvalue weighted by Crippen LogP contribution is 2.14. The molecule has 0 saturated heterocycles. The van der Waals surface area contributed by atoms with Gasteiger partial charge < -0.3 is 11.1 Å². The number of nitrogens with one attached hydrogen (secondary N) is 1. The number of amides is 1. The van der Waals surface area contributed by atoms with E-state index in [1.165, 1.54) is 0 Å². The lowest BCUT2D eigenvalue weighted by molar-refractivity contribution is -0.116. The van der Waals surface area contributed by atoms with Crippen molar-refractivity contribution in [2.75, 3.05) is 5.32 Å². The second-order valence-corrected chi connectivity index (χ2v) is 6.27. The van der Waals surface area contributed by atoms with Crippen molar-refractivity contribution in [3.8, 4) is 0 Å². The van der Waals surface area contributed by atoms with Gasteiger partial charge in [-0.25, -0.2) is 4.79 Å². The molecule has 2 aromatic carbocycles. The van der Waals surface area contributed by atoms with Crippen LogP contribution in [0.15, 0.2) is 53.3 Å². The fraction of sp³-hybridized carbons (Fsp3) is 0.300. The molecule has 6 heteroatoms. The number of nitrogens with zero attached hydrogens (tertiary/aromatic N) is 2. The zero-order chi connectivity index (χ0) is 18.5. The quantitative estimate of drug-likeness (QED) is 0.686. The van der Waals surface area contributed by atoms with Crippen LogP contribution in [0.2, 0.25) is 0 Å². The van der Waals surface area contributed by atoms with Crippen LogP contribution in [0.5, 0.6) is 0 Å². The molecule has 136 valence electrons. The van der Waals surface area contributed by atoms with Crippen LogP contribution in [0.3, 0.4) is 0 Å². The maximum atomic E-state index is 12.7. The molecule has 0 aliphatic carbocycles. The van der Waals surface area contributed by atoms with Gasteiger partial charge in [0.1, 0.15) is 0 Å². The normalized spacial score (nSPS) is 11.0. The molecule has 0 aliphatic rings. The predicted octanol–water partition coefficient (Wildman–Crippen LogP) is 2.70. The van der Waals surface area contributed by atoms with Crippen molar-refractivity contribution in [2.24, 2.45) is 5.73 Å². The summed E-state index contributed by atoms with van der Waals surface area (Å²) in [7, 11) is 0. The van der Waals surface area contributed by atoms with Gasteiger partial charge in [0, 0.05) is 31.7 Å². The summed E-state index contributed by atoms with van der Waals surface area (Å²) in [6.07, 6.45) is 1.12. The molecule has 1 heterocycles. The van der Waals surface area contributed by atoms with E-state index in [0.29, 0.717) is 19.6 Å². The van der Waals surface area contributed by atoms with Crippen molar-refractivity contribution in [3.05, 3.63) is 64.6 Å². The van der Waals surface area contributed by atoms with Gasteiger partial charge in [-0.1, -0.05) is 31.2 Å². The molecule has 0 atom stereocenters. The van der Waals surface area contributed by atoms with E-state index in [9.17, 15) is 9.59 Å². The van der Waals surface area contributed by atoms with Crippen molar-refractivity contribution < 1.29 is 4.79 Å². The van der Waals surface area contributed by atoms with E-state index >= 15 is 0 Å². The highest BCUT2D eigenvalue weighted by molar-refractivity contribution is 5.90. The molecule has 0 aliphatic heterocycles. The number of carbonyl (C=O) groups excluding carboxylic acids is 1. The molecular weight excluding hydrogens is 328 g/mol. The zero-order valence-corrected chi connectivity index (χ0v) is 14.9. The number of nitrogens with two attached hydrogens (primary N) is 1. The van der Waals surface area contributed by atoms with Gasteiger partial charge in [0.05, 0.1) is 11.0 Å². The Labute approximate surface area is 152 Å². The minimum Gasteiger partial charge on any atom is -0.326 e. The summed E-state index contributed by atoms with van der Waals surface area (Å²) in [5.74, 6) is -0.121. The third-order valence-electron chi connectivity index (χ3n) is 4.41. The topological polar surface area (TPSA) is 82.0 Å². The molecule has 3 rings (SSSR count). The minimum atomic E-state index is -0.121. The molecule has 3 N–H and O–H groups in total. The van der Waals surface area contributed by atoms with Gasteiger partial charge in [-0.15, -0.1) is 0 Å². The molecule has 0 bridgehead atoms. The van der Waals surface area contributed by atoms with Crippen LogP contribution in [-0.4, -0.2) is 15.0 Å². The molecular formula is C20H24N4O2. The number of para-hydroxylation sites is 2. The second-order valence-electron chi connectivity index (χ2n) is 6.27. The Morgan fingerprint density at radius 2 is 1.62 bits per heavy atom. The van der Waals surface area contributed by atoms with Crippen molar-refractivity contribution in [1.29, 1.82) is 0 Å². The minimum absolute atomic E-state index is 0.0619.